The van der Waals surface area contributed by atoms with Crippen molar-refractivity contribution in [3.63, 3.8) is 0 Å². The fourth-order valence-electron chi connectivity index (χ4n) is 8.58. The largest absolute Gasteiger partial charge is 0.476 e. The van der Waals surface area contributed by atoms with E-state index in [1.54, 1.807) is 24.5 Å². The van der Waals surface area contributed by atoms with Crippen molar-refractivity contribution in [1.29, 1.82) is 0 Å². The smallest absolute Gasteiger partial charge is 0.268 e. The lowest BCUT2D eigenvalue weighted by atomic mass is 9.72. The van der Waals surface area contributed by atoms with Crippen LogP contribution in [-0.4, -0.2) is 84.2 Å². The predicted molar refractivity (Wildman–Crippen MR) is 239 cm³/mol. The van der Waals surface area contributed by atoms with E-state index >= 15 is 0 Å². The molecule has 5 aromatic rings. The fourth-order valence-corrected chi connectivity index (χ4v) is 9.92. The van der Waals surface area contributed by atoms with Crippen LogP contribution in [-0.2, 0) is 10.0 Å². The Balaban J connectivity index is 0.981. The van der Waals surface area contributed by atoms with Crippen LogP contribution in [0.15, 0.2) is 89.7 Å². The molecule has 1 aliphatic heterocycles. The van der Waals surface area contributed by atoms with E-state index in [-0.39, 0.29) is 38.4 Å². The van der Waals surface area contributed by atoms with Crippen LogP contribution < -0.4 is 19.1 Å². The number of anilines is 1. The third kappa shape index (κ3) is 10.2. The van der Waals surface area contributed by atoms with E-state index < -0.39 is 21.5 Å². The van der Waals surface area contributed by atoms with Crippen molar-refractivity contribution in [2.75, 3.05) is 44.2 Å². The number of imidazole rings is 1. The highest BCUT2D eigenvalue weighted by Gasteiger charge is 2.31. The summed E-state index contributed by atoms with van der Waals surface area (Å²) in [4.78, 5) is 30.1. The molecule has 1 saturated heterocycles. The molecule has 1 saturated carbocycles. The number of fused-ring (bicyclic) bond motifs is 1. The van der Waals surface area contributed by atoms with E-state index in [4.69, 9.17) is 32.7 Å². The Bertz CT molecular complexity index is 2540. The van der Waals surface area contributed by atoms with Crippen molar-refractivity contribution >= 4 is 61.4 Å². The number of aromatic nitrogens is 3. The number of aliphatic hydroxyl groups is 1. The second-order valence-electron chi connectivity index (χ2n) is 17.7. The van der Waals surface area contributed by atoms with E-state index in [0.717, 1.165) is 87.3 Å². The molecular formula is C46H52Cl2N6O6S. The fraction of sp³-hybridized carbons (Fsp3) is 0.413. The van der Waals surface area contributed by atoms with Gasteiger partial charge in [0.05, 0.1) is 35.8 Å². The van der Waals surface area contributed by atoms with E-state index in [2.05, 4.69) is 55.5 Å². The number of hydrogen-bond donors (Lipinski definition) is 3. The van der Waals surface area contributed by atoms with Gasteiger partial charge in [0.1, 0.15) is 21.2 Å². The number of rotatable bonds is 12. The molecule has 15 heteroatoms. The Labute approximate surface area is 367 Å². The third-order valence-electron chi connectivity index (χ3n) is 12.3. The molecule has 2 aromatic heterocycles. The maximum Gasteiger partial charge on any atom is 0.268 e. The molecule has 0 unspecified atom stereocenters. The van der Waals surface area contributed by atoms with E-state index in [0.29, 0.717) is 30.7 Å². The van der Waals surface area contributed by atoms with Crippen molar-refractivity contribution in [1.82, 2.24) is 24.6 Å². The van der Waals surface area contributed by atoms with Crippen molar-refractivity contribution < 1.29 is 27.8 Å². The summed E-state index contributed by atoms with van der Waals surface area (Å²) >= 11 is 12.7. The van der Waals surface area contributed by atoms with Crippen LogP contribution in [0.25, 0.3) is 16.6 Å². The number of nitrogens with zero attached hydrogens (tertiary/aromatic N) is 4. The normalized spacial score (nSPS) is 21.1. The van der Waals surface area contributed by atoms with Gasteiger partial charge in [0.2, 0.25) is 5.88 Å². The summed E-state index contributed by atoms with van der Waals surface area (Å²) < 4.78 is 41.7. The van der Waals surface area contributed by atoms with Gasteiger partial charge in [-0.15, -0.1) is 0 Å². The third-order valence-corrected chi connectivity index (χ3v) is 14.2. The number of amides is 1. The summed E-state index contributed by atoms with van der Waals surface area (Å²) in [5, 5.41) is 11.0. The Kier molecular flexibility index (Phi) is 12.4. The van der Waals surface area contributed by atoms with Gasteiger partial charge in [0.15, 0.2) is 5.75 Å². The number of nitrogens with one attached hydrogen (secondary N) is 2. The van der Waals surface area contributed by atoms with Gasteiger partial charge in [-0.3, -0.25) is 9.69 Å². The standard InChI is InChI=1S/C46H52Cl2N6O6S/c1-45(2)16-15-32(37(25-45)31-7-9-33(47)10-8-31)27-53-19-21-54(22-20-53)34-11-12-36(41(23-34)60-40-6-4-5-39-42(40)51-29-50-39)43(55)52-61(57,58)35-24-38(48)44(49-26-35)59-28-30-13-17-46(3,56)18-14-30/h4-12,23-24,26,29-30,56H,13-22,25,27-28H2,1-3H3,(H,50,51)(H,52,55)/t30-,46-. The number of halogens is 2. The van der Waals surface area contributed by atoms with Gasteiger partial charge in [-0.25, -0.2) is 23.1 Å². The van der Waals surface area contributed by atoms with Crippen molar-refractivity contribution in [3.8, 4) is 17.4 Å². The van der Waals surface area contributed by atoms with Gasteiger partial charge in [0, 0.05) is 49.5 Å². The highest BCUT2D eigenvalue weighted by molar-refractivity contribution is 7.90. The van der Waals surface area contributed by atoms with Crippen LogP contribution in [0.3, 0.4) is 0 Å². The van der Waals surface area contributed by atoms with E-state index in [9.17, 15) is 18.3 Å². The van der Waals surface area contributed by atoms with Gasteiger partial charge < -0.3 is 24.5 Å². The second kappa shape index (κ2) is 17.6. The molecule has 0 spiro atoms. The average Bonchev–Trinajstić information content (AvgIpc) is 3.72. The number of benzene rings is 3. The van der Waals surface area contributed by atoms with Crippen LogP contribution in [0.4, 0.5) is 5.69 Å². The van der Waals surface area contributed by atoms with E-state index in [1.165, 1.54) is 22.8 Å². The maximum absolute atomic E-state index is 13.9. The average molecular weight is 888 g/mol. The number of hydrogen-bond acceptors (Lipinski definition) is 10. The zero-order valence-electron chi connectivity index (χ0n) is 34.7. The Morgan fingerprint density at radius 1 is 0.951 bits per heavy atom. The molecule has 0 bridgehead atoms. The highest BCUT2D eigenvalue weighted by Crippen LogP contribution is 2.44. The molecule has 2 aliphatic carbocycles. The molecule has 8 rings (SSSR count). The minimum absolute atomic E-state index is 0.000102. The molecule has 3 heterocycles. The lowest BCUT2D eigenvalue weighted by Gasteiger charge is -2.39. The lowest BCUT2D eigenvalue weighted by Crippen LogP contribution is -2.47. The molecule has 3 N–H and O–H groups in total. The number of sulfonamides is 1. The number of H-pyrrole nitrogens is 1. The molecule has 12 nitrogen and oxygen atoms in total. The van der Waals surface area contributed by atoms with Crippen LogP contribution in [0.5, 0.6) is 17.4 Å². The van der Waals surface area contributed by atoms with Crippen LogP contribution in [0.1, 0.15) is 81.6 Å². The molecule has 0 atom stereocenters. The molecule has 322 valence electrons. The lowest BCUT2D eigenvalue weighted by molar-refractivity contribution is 0.00127. The Morgan fingerprint density at radius 2 is 1.70 bits per heavy atom. The number of para-hydroxylation sites is 1. The van der Waals surface area contributed by atoms with Crippen molar-refractivity contribution in [2.24, 2.45) is 11.3 Å². The van der Waals surface area contributed by atoms with Crippen LogP contribution in [0, 0.1) is 11.3 Å². The van der Waals surface area contributed by atoms with Gasteiger partial charge in [-0.2, -0.15) is 0 Å². The molecule has 2 fully saturated rings. The molecule has 0 radical (unpaired) electrons. The minimum atomic E-state index is -4.42. The first-order chi connectivity index (χ1) is 29.1. The molecular weight excluding hydrogens is 836 g/mol. The molecule has 3 aliphatic rings. The Hall–Kier alpha value is -4.66. The first-order valence-electron chi connectivity index (χ1n) is 20.9. The minimum Gasteiger partial charge on any atom is -0.476 e. The van der Waals surface area contributed by atoms with Crippen LogP contribution >= 0.6 is 23.2 Å². The first kappa shape index (κ1) is 43.0. The molecule has 61 heavy (non-hydrogen) atoms. The Morgan fingerprint density at radius 3 is 2.44 bits per heavy atom. The first-order valence-corrected chi connectivity index (χ1v) is 23.1. The summed E-state index contributed by atoms with van der Waals surface area (Å²) in [6.45, 7) is 10.9. The van der Waals surface area contributed by atoms with Crippen LogP contribution in [0.2, 0.25) is 10.0 Å². The van der Waals surface area contributed by atoms with Crippen molar-refractivity contribution in [3.05, 3.63) is 106 Å². The number of pyridine rings is 1. The number of piperazine rings is 1. The quantitative estimate of drug-likeness (QED) is 0.111. The van der Waals surface area contributed by atoms with Crippen molar-refractivity contribution in [2.45, 2.75) is 76.2 Å². The summed E-state index contributed by atoms with van der Waals surface area (Å²) in [5.74, 6) is 0.0191. The molecule has 1 amide bonds. The molecule has 3 aromatic carbocycles. The maximum atomic E-state index is 13.9. The summed E-state index contributed by atoms with van der Waals surface area (Å²) in [7, 11) is -4.42. The number of aromatic amines is 1. The number of ether oxygens (including phenoxy) is 2. The number of carbonyl (C=O) groups excluding carboxylic acids is 1. The second-order valence-corrected chi connectivity index (χ2v) is 20.2. The predicted octanol–water partition coefficient (Wildman–Crippen LogP) is 9.28. The number of allylic oxidation sites excluding steroid dienone is 1. The zero-order chi connectivity index (χ0) is 42.9. The van der Waals surface area contributed by atoms with E-state index in [1.807, 2.05) is 37.3 Å². The van der Waals surface area contributed by atoms with Gasteiger partial charge >= 0.3 is 0 Å². The number of carbonyl (C=O) groups is 1. The summed E-state index contributed by atoms with van der Waals surface area (Å²) in [6.07, 6.45) is 8.86. The van der Waals surface area contributed by atoms with Gasteiger partial charge in [-0.05, 0) is 117 Å². The zero-order valence-corrected chi connectivity index (χ0v) is 37.0. The highest BCUT2D eigenvalue weighted by atomic mass is 35.5. The summed E-state index contributed by atoms with van der Waals surface area (Å²) in [6, 6.07) is 20.1. The summed E-state index contributed by atoms with van der Waals surface area (Å²) in [5.41, 5.74) is 5.90. The monoisotopic (exact) mass is 886 g/mol. The van der Waals surface area contributed by atoms with Gasteiger partial charge in [0.25, 0.3) is 15.9 Å². The van der Waals surface area contributed by atoms with Gasteiger partial charge in [-0.1, -0.05) is 60.8 Å². The SMILES string of the molecule is CC1(C)CCC(CN2CCN(c3ccc(C(=O)NS(=O)(=O)c4cnc(OC[C@H]5CC[C@](C)(O)CC5)c(Cl)c4)c(Oc4cccc5[nH]cnc45)c3)CC2)=C(c2ccc(Cl)cc2)C1. The topological polar surface area (TPSA) is 150 Å².